The van der Waals surface area contributed by atoms with Crippen LogP contribution in [0, 0.1) is 31.6 Å². The fourth-order valence-electron chi connectivity index (χ4n) is 5.63. The summed E-state index contributed by atoms with van der Waals surface area (Å²) in [5, 5.41) is 41.4. The number of nitrogens with one attached hydrogen (secondary N) is 5. The first-order valence-electron chi connectivity index (χ1n) is 22.2. The number of benzene rings is 3. The van der Waals surface area contributed by atoms with Crippen LogP contribution in [-0.4, -0.2) is 135 Å². The fourth-order valence-corrected chi connectivity index (χ4v) is 7.97. The van der Waals surface area contributed by atoms with Crippen molar-refractivity contribution in [3.63, 3.8) is 0 Å². The van der Waals surface area contributed by atoms with Gasteiger partial charge in [-0.2, -0.15) is 37.0 Å². The molecule has 2 unspecified atom stereocenters. The van der Waals surface area contributed by atoms with Crippen molar-refractivity contribution in [1.82, 2.24) is 16.0 Å². The molecule has 3 aromatic rings. The lowest BCUT2D eigenvalue weighted by molar-refractivity contribution is -0.142. The molecule has 0 saturated carbocycles. The van der Waals surface area contributed by atoms with E-state index in [0.717, 1.165) is 72.6 Å². The number of carbonyl (C=O) groups is 3. The molecule has 392 valence electrons. The Morgan fingerprint density at radius 1 is 0.586 bits per heavy atom. The van der Waals surface area contributed by atoms with Crippen molar-refractivity contribution in [2.75, 3.05) is 37.7 Å². The number of hydrogen-bond donors (Lipinski definition) is 10. The van der Waals surface area contributed by atoms with Crippen LogP contribution in [0.5, 0.6) is 0 Å². The molecule has 3 aromatic carbocycles. The highest BCUT2D eigenvalue weighted by Gasteiger charge is 2.19. The summed E-state index contributed by atoms with van der Waals surface area (Å²) in [5.74, 6) is -0.490. The minimum Gasteiger partial charge on any atom is -0.480 e. The van der Waals surface area contributed by atoms with Crippen molar-refractivity contribution in [2.24, 2.45) is 4.99 Å². The highest BCUT2D eigenvalue weighted by Crippen LogP contribution is 2.13. The summed E-state index contributed by atoms with van der Waals surface area (Å²) in [5.41, 5.74) is 3.70. The summed E-state index contributed by atoms with van der Waals surface area (Å²) < 4.78 is 88.7. The number of hydrogen-bond acceptors (Lipinski definition) is 15. The number of amides is 1. The summed E-state index contributed by atoms with van der Waals surface area (Å²) in [6, 6.07) is 16.4. The Morgan fingerprint density at radius 2 is 0.957 bits per heavy atom. The normalized spacial score (nSPS) is 12.3. The van der Waals surface area contributed by atoms with Gasteiger partial charge in [-0.1, -0.05) is 53.1 Å². The van der Waals surface area contributed by atoms with Gasteiger partial charge in [0.25, 0.3) is 30.4 Å². The summed E-state index contributed by atoms with van der Waals surface area (Å²) in [6.45, 7) is 9.89. The zero-order valence-electron chi connectivity index (χ0n) is 40.0. The Hall–Kier alpha value is -4.92. The number of aliphatic imine (C=N–C) groups is 1. The molecule has 10 N–H and O–H groups in total. The monoisotopic (exact) mass is 1060 g/mol. The smallest absolute Gasteiger partial charge is 0.328 e. The van der Waals surface area contributed by atoms with Gasteiger partial charge in [-0.3, -0.25) is 23.4 Å². The maximum Gasteiger partial charge on any atom is 0.328 e. The van der Waals surface area contributed by atoms with Crippen LogP contribution in [-0.2, 0) is 44.7 Å². The van der Waals surface area contributed by atoms with Crippen molar-refractivity contribution in [3.8, 4) is 0 Å². The first-order valence-corrected chi connectivity index (χ1v) is 27.7. The van der Waals surface area contributed by atoms with Crippen molar-refractivity contribution in [3.05, 3.63) is 89.5 Å². The maximum absolute atomic E-state index is 12.1. The van der Waals surface area contributed by atoms with Crippen molar-refractivity contribution < 1.29 is 63.5 Å². The zero-order chi connectivity index (χ0) is 53.2. The van der Waals surface area contributed by atoms with Crippen LogP contribution in [0.3, 0.4) is 0 Å². The molecule has 0 aliphatic rings. The summed E-state index contributed by atoms with van der Waals surface area (Å²) in [6.07, 6.45) is 9.10. The summed E-state index contributed by atoms with van der Waals surface area (Å²) in [7, 11) is -12.1. The molecule has 0 aliphatic heterocycles. The lowest BCUT2D eigenvalue weighted by atomic mass is 10.1. The van der Waals surface area contributed by atoms with E-state index in [9.17, 15) is 49.9 Å². The number of nitrogens with zero attached hydrogens (tertiary/aromatic N) is 1. The van der Waals surface area contributed by atoms with Gasteiger partial charge in [0.15, 0.2) is 0 Å². The first-order chi connectivity index (χ1) is 32.8. The van der Waals surface area contributed by atoms with Gasteiger partial charge in [-0.15, -0.1) is 0 Å². The van der Waals surface area contributed by atoms with E-state index in [1.165, 1.54) is 48.8 Å². The molecule has 1 amide bonds. The number of carboxylic acids is 2. The number of unbranched alkanes of at least 4 members (excludes halogenated alkanes) is 2. The van der Waals surface area contributed by atoms with Gasteiger partial charge < -0.3 is 37.0 Å². The molecule has 0 saturated heterocycles. The number of carbonyl (C=O) groups excluding carboxylic acids is 1. The van der Waals surface area contributed by atoms with E-state index in [4.69, 9.17) is 24.5 Å². The number of rotatable bonds is 29. The minimum atomic E-state index is -4.02. The molecule has 70 heavy (non-hydrogen) atoms. The second-order valence-corrected chi connectivity index (χ2v) is 21.2. The van der Waals surface area contributed by atoms with Gasteiger partial charge in [0.1, 0.15) is 12.1 Å². The van der Waals surface area contributed by atoms with Gasteiger partial charge in [-0.05, 0) is 146 Å². The van der Waals surface area contributed by atoms with Gasteiger partial charge >= 0.3 is 11.9 Å². The van der Waals surface area contributed by atoms with Crippen molar-refractivity contribution >= 4 is 78.1 Å². The van der Waals surface area contributed by atoms with Crippen LogP contribution in [0.1, 0.15) is 87.8 Å². The molecular formula is C46H70N6O14S4. The summed E-state index contributed by atoms with van der Waals surface area (Å²) >= 11 is 1.72. The third kappa shape index (κ3) is 33.6. The Bertz CT molecular complexity index is 2210. The summed E-state index contributed by atoms with van der Waals surface area (Å²) in [4.78, 5) is 39.2. The molecular weight excluding hydrogens is 989 g/mol. The van der Waals surface area contributed by atoms with E-state index in [1.807, 2.05) is 27.7 Å². The Morgan fingerprint density at radius 3 is 1.30 bits per heavy atom. The Kier molecular flexibility index (Phi) is 33.5. The van der Waals surface area contributed by atoms with Crippen LogP contribution in [0.4, 0.5) is 0 Å². The van der Waals surface area contributed by atoms with Crippen LogP contribution >= 0.6 is 11.8 Å². The predicted octanol–water partition coefficient (Wildman–Crippen LogP) is 6.31. The van der Waals surface area contributed by atoms with E-state index in [0.29, 0.717) is 45.3 Å². The van der Waals surface area contributed by atoms with E-state index >= 15 is 0 Å². The predicted molar refractivity (Wildman–Crippen MR) is 274 cm³/mol. The SMILES string of the molecule is CC(CCCSCCCC(=O)NC(CCCCNCC=N)C(=O)O)=NC(CCCCNCC=N)C(=O)O.Cc1ccc(S(=O)(=O)O)cc1.Cc1ccc(S(=O)(=O)O)cc1.Cc1ccc(S(=O)(=O)O)cc1. The lowest BCUT2D eigenvalue weighted by Crippen LogP contribution is -2.40. The molecule has 0 aromatic heterocycles. The number of aryl methyl sites for hydroxylation is 3. The van der Waals surface area contributed by atoms with Crippen LogP contribution in [0.25, 0.3) is 0 Å². The topological polar surface area (TPSA) is 351 Å². The highest BCUT2D eigenvalue weighted by atomic mass is 32.2. The van der Waals surface area contributed by atoms with Crippen molar-refractivity contribution in [1.29, 1.82) is 10.8 Å². The highest BCUT2D eigenvalue weighted by molar-refractivity contribution is 7.99. The number of thioether (sulfide) groups is 1. The van der Waals surface area contributed by atoms with E-state index in [-0.39, 0.29) is 27.0 Å². The molecule has 20 nitrogen and oxygen atoms in total. The van der Waals surface area contributed by atoms with Crippen LogP contribution in [0.15, 0.2) is 92.5 Å². The van der Waals surface area contributed by atoms with Gasteiger partial charge in [0.05, 0.1) is 14.7 Å². The van der Waals surface area contributed by atoms with Crippen molar-refractivity contribution in [2.45, 2.75) is 119 Å². The van der Waals surface area contributed by atoms with Gasteiger partial charge in [-0.25, -0.2) is 9.59 Å². The molecule has 0 spiro atoms. The number of carboxylic acid groups (broad SMARTS) is 2. The second kappa shape index (κ2) is 36.1. The lowest BCUT2D eigenvalue weighted by Gasteiger charge is -2.14. The maximum atomic E-state index is 12.1. The third-order valence-electron chi connectivity index (χ3n) is 9.44. The Balaban J connectivity index is 0.00000114. The second-order valence-electron chi connectivity index (χ2n) is 15.7. The van der Waals surface area contributed by atoms with Crippen LogP contribution in [0.2, 0.25) is 0 Å². The zero-order valence-corrected chi connectivity index (χ0v) is 43.3. The average Bonchev–Trinajstić information content (AvgIpc) is 3.27. The largest absolute Gasteiger partial charge is 0.480 e. The molecule has 24 heteroatoms. The fraction of sp³-hybridized carbons (Fsp3) is 0.478. The van der Waals surface area contributed by atoms with E-state index in [1.54, 1.807) is 48.2 Å². The molecule has 0 bridgehead atoms. The quantitative estimate of drug-likeness (QED) is 0.0207. The van der Waals surface area contributed by atoms with Crippen LogP contribution < -0.4 is 16.0 Å². The minimum absolute atomic E-state index is 0.0666. The van der Waals surface area contributed by atoms with E-state index in [2.05, 4.69) is 20.9 Å². The molecule has 0 aliphatic carbocycles. The average molecular weight is 1060 g/mol. The molecule has 0 fully saturated rings. The molecule has 0 heterocycles. The molecule has 3 rings (SSSR count). The standard InChI is InChI=1S/C25H46N6O5S.3C7H8O3S/c1-20(30-21(24(33)34)9-2-4-14-28-16-12-26)8-6-18-37-19-7-11-23(32)31-22(25(35)36)10-3-5-15-29-17-13-27;3*1-6-2-4-7(5-3-6)11(8,9)10/h12-13,21-22,26-29H,2-11,14-19H2,1H3,(H,31,32)(H,33,34)(H,35,36);3*2-5H,1H3,(H,8,9,10). The molecule has 0 radical (unpaired) electrons. The van der Waals surface area contributed by atoms with Gasteiger partial charge in [0.2, 0.25) is 5.91 Å². The molecule has 2 atom stereocenters. The number of aliphatic carboxylic acids is 2. The Labute approximate surface area is 417 Å². The third-order valence-corrected chi connectivity index (χ3v) is 13.2. The van der Waals surface area contributed by atoms with Gasteiger partial charge in [0, 0.05) is 37.7 Å². The first kappa shape index (κ1) is 65.1. The van der Waals surface area contributed by atoms with E-state index < -0.39 is 54.4 Å².